The van der Waals surface area contributed by atoms with Gasteiger partial charge in [-0.1, -0.05) is 61.5 Å². The fourth-order valence-electron chi connectivity index (χ4n) is 7.28. The molecule has 2 aliphatic heterocycles. The van der Waals surface area contributed by atoms with E-state index in [-0.39, 0.29) is 29.8 Å². The van der Waals surface area contributed by atoms with Crippen LogP contribution in [0, 0.1) is 12.8 Å². The topological polar surface area (TPSA) is 185 Å². The molecular weight excluding hydrogens is 771 g/mol. The van der Waals surface area contributed by atoms with Crippen LogP contribution in [0.3, 0.4) is 0 Å². The van der Waals surface area contributed by atoms with Crippen molar-refractivity contribution >= 4 is 45.6 Å². The number of carbonyl (C=O) groups excluding carboxylic acids is 3. The molecule has 15 nitrogen and oxygen atoms in total. The molecule has 4 amide bonds. The minimum Gasteiger partial charge on any atom is -0.444 e. The van der Waals surface area contributed by atoms with Gasteiger partial charge in [-0.15, -0.1) is 11.3 Å². The Morgan fingerprint density at radius 1 is 1.11 bits per heavy atom. The number of rotatable bonds is 16. The lowest BCUT2D eigenvalue weighted by atomic mass is 9.97. The summed E-state index contributed by atoms with van der Waals surface area (Å²) in [6, 6.07) is 12.3. The molecule has 1 unspecified atom stereocenters. The Kier molecular flexibility index (Phi) is 14.3. The third-order valence-corrected chi connectivity index (χ3v) is 12.7. The average Bonchev–Trinajstić information content (AvgIpc) is 3.88. The molecule has 2 saturated heterocycles. The van der Waals surface area contributed by atoms with E-state index in [1.807, 2.05) is 56.5 Å². The lowest BCUT2D eigenvalue weighted by molar-refractivity contribution is -0.128. The van der Waals surface area contributed by atoms with Crippen LogP contribution in [-0.2, 0) is 32.5 Å². The molecule has 2 fully saturated rings. The number of amides is 4. The number of aryl methyl sites for hydroxylation is 1. The first-order valence-electron chi connectivity index (χ1n) is 19.2. The zero-order valence-corrected chi connectivity index (χ0v) is 35.1. The highest BCUT2D eigenvalue weighted by Crippen LogP contribution is 2.27. The zero-order chi connectivity index (χ0) is 41.5. The van der Waals surface area contributed by atoms with Crippen molar-refractivity contribution in [3.8, 4) is 0 Å². The zero-order valence-electron chi connectivity index (χ0n) is 33.4. The van der Waals surface area contributed by atoms with E-state index in [1.54, 1.807) is 30.6 Å². The number of aliphatic hydroxyl groups excluding tert-OH is 1. The molecule has 0 radical (unpaired) electrons. The van der Waals surface area contributed by atoms with Crippen LogP contribution in [0.25, 0.3) is 0 Å². The van der Waals surface area contributed by atoms with Crippen LogP contribution in [0.4, 0.5) is 9.59 Å². The fourth-order valence-corrected chi connectivity index (χ4v) is 9.38. The van der Waals surface area contributed by atoms with Crippen LogP contribution >= 0.6 is 11.3 Å². The van der Waals surface area contributed by atoms with Gasteiger partial charge in [-0.2, -0.15) is 4.31 Å². The predicted octanol–water partition coefficient (Wildman–Crippen LogP) is 4.70. The van der Waals surface area contributed by atoms with Crippen molar-refractivity contribution in [3.63, 3.8) is 0 Å². The van der Waals surface area contributed by atoms with Crippen molar-refractivity contribution in [3.05, 3.63) is 81.8 Å². The lowest BCUT2D eigenvalue weighted by Gasteiger charge is -2.35. The molecule has 5 rings (SSSR count). The second-order valence-electron chi connectivity index (χ2n) is 15.9. The van der Waals surface area contributed by atoms with E-state index in [0.717, 1.165) is 20.6 Å². The Labute approximate surface area is 339 Å². The SMILES string of the molecule is Cc1nc(CN2CCN([C@H](C(=O)N[C@@H](Cc3ccccc3)[C@H](O)CN(CC3CCCN3C(=O)OC(C)(C)C)S(=O)(=O)c3ccc(C=NO)cc3)C(C)C)C2=O)cs1. The Balaban J connectivity index is 1.43. The minimum atomic E-state index is -4.30. The molecule has 0 bridgehead atoms. The lowest BCUT2D eigenvalue weighted by Crippen LogP contribution is -2.58. The van der Waals surface area contributed by atoms with Crippen LogP contribution in [0.2, 0.25) is 0 Å². The quantitative estimate of drug-likeness (QED) is 0.105. The van der Waals surface area contributed by atoms with Gasteiger partial charge in [0, 0.05) is 44.1 Å². The largest absolute Gasteiger partial charge is 0.444 e. The average molecular weight is 826 g/mol. The molecule has 2 aromatic carbocycles. The van der Waals surface area contributed by atoms with E-state index < -0.39 is 58.4 Å². The molecule has 57 heavy (non-hydrogen) atoms. The number of hydrogen-bond acceptors (Lipinski definition) is 11. The Morgan fingerprint density at radius 3 is 2.42 bits per heavy atom. The summed E-state index contributed by atoms with van der Waals surface area (Å²) in [6.07, 6.45) is 0.503. The molecule has 17 heteroatoms. The van der Waals surface area contributed by atoms with Gasteiger partial charge >= 0.3 is 12.1 Å². The minimum absolute atomic E-state index is 0.0694. The second kappa shape index (κ2) is 18.8. The van der Waals surface area contributed by atoms with Gasteiger partial charge < -0.3 is 35.1 Å². The van der Waals surface area contributed by atoms with Crippen molar-refractivity contribution in [1.82, 2.24) is 29.3 Å². The first kappa shape index (κ1) is 43.5. The number of benzene rings is 2. The highest BCUT2D eigenvalue weighted by molar-refractivity contribution is 7.89. The maximum atomic E-state index is 14.5. The van der Waals surface area contributed by atoms with Crippen molar-refractivity contribution in [2.45, 2.75) is 102 Å². The number of sulfonamides is 1. The van der Waals surface area contributed by atoms with Gasteiger partial charge in [0.25, 0.3) is 0 Å². The number of ether oxygens (including phenoxy) is 1. The Bertz CT molecular complexity index is 1970. The van der Waals surface area contributed by atoms with E-state index in [4.69, 9.17) is 9.94 Å². The summed E-state index contributed by atoms with van der Waals surface area (Å²) in [7, 11) is -4.30. The number of aliphatic hydroxyl groups is 1. The van der Waals surface area contributed by atoms with E-state index >= 15 is 0 Å². The molecular formula is C40H55N7O8S2. The first-order valence-corrected chi connectivity index (χ1v) is 21.5. The summed E-state index contributed by atoms with van der Waals surface area (Å²) in [5.41, 5.74) is 1.29. The van der Waals surface area contributed by atoms with Crippen LogP contribution in [-0.4, -0.2) is 130 Å². The van der Waals surface area contributed by atoms with Crippen molar-refractivity contribution < 1.29 is 37.9 Å². The molecule has 3 heterocycles. The molecule has 0 saturated carbocycles. The molecule has 3 aromatic rings. The van der Waals surface area contributed by atoms with Gasteiger partial charge in [-0.3, -0.25) is 4.79 Å². The molecule has 310 valence electrons. The van der Waals surface area contributed by atoms with Crippen molar-refractivity contribution in [1.29, 1.82) is 0 Å². The number of nitrogens with one attached hydrogen (secondary N) is 1. The van der Waals surface area contributed by atoms with E-state index in [1.165, 1.54) is 46.7 Å². The first-order chi connectivity index (χ1) is 27.0. The fraction of sp³-hybridized carbons (Fsp3) is 0.525. The van der Waals surface area contributed by atoms with Crippen LogP contribution in [0.15, 0.2) is 70.0 Å². The molecule has 1 aromatic heterocycles. The van der Waals surface area contributed by atoms with Gasteiger partial charge in [0.05, 0.1) is 40.5 Å². The molecule has 2 aliphatic rings. The molecule has 4 atom stereocenters. The highest BCUT2D eigenvalue weighted by atomic mass is 32.2. The Morgan fingerprint density at radius 2 is 1.81 bits per heavy atom. The number of carbonyl (C=O) groups is 3. The van der Waals surface area contributed by atoms with Crippen LogP contribution in [0.5, 0.6) is 0 Å². The number of urea groups is 1. The summed E-state index contributed by atoms with van der Waals surface area (Å²) >= 11 is 1.51. The molecule has 0 spiro atoms. The maximum Gasteiger partial charge on any atom is 0.410 e. The maximum absolute atomic E-state index is 14.5. The van der Waals surface area contributed by atoms with Gasteiger partial charge in [0.1, 0.15) is 11.6 Å². The van der Waals surface area contributed by atoms with Crippen LogP contribution in [0.1, 0.15) is 69.3 Å². The summed E-state index contributed by atoms with van der Waals surface area (Å²) in [4.78, 5) is 50.5. The summed E-state index contributed by atoms with van der Waals surface area (Å²) < 4.78 is 35.7. The van der Waals surface area contributed by atoms with Gasteiger partial charge in [0.2, 0.25) is 15.9 Å². The number of oxime groups is 1. The Hall–Kier alpha value is -4.58. The van der Waals surface area contributed by atoms with Crippen molar-refractivity contribution in [2.24, 2.45) is 11.1 Å². The van der Waals surface area contributed by atoms with E-state index in [0.29, 0.717) is 44.6 Å². The summed E-state index contributed by atoms with van der Waals surface area (Å²) in [6.45, 7) is 11.8. The number of hydrogen-bond donors (Lipinski definition) is 3. The standard InChI is InChI=1S/C40H55N7O8S2/c1-27(2)36(47-20-19-44(38(47)50)23-31-26-56-28(3)42-31)37(49)43-34(21-29-11-8-7-9-12-29)35(48)25-45(57(53,54)33-16-14-30(15-17-33)22-41-52)24-32-13-10-18-46(32)39(51)55-40(4,5)6/h7-9,11-12,14-17,22,26-27,32,34-36,48,52H,10,13,18-21,23-25H2,1-6H3,(H,43,49)/t32?,34-,35+,36-/m0/s1. The monoisotopic (exact) mass is 825 g/mol. The van der Waals surface area contributed by atoms with Crippen molar-refractivity contribution in [2.75, 3.05) is 32.7 Å². The van der Waals surface area contributed by atoms with Gasteiger partial charge in [-0.25, -0.2) is 23.0 Å². The number of likely N-dealkylation sites (tertiary alicyclic amines) is 1. The highest BCUT2D eigenvalue weighted by Gasteiger charge is 2.42. The second-order valence-corrected chi connectivity index (χ2v) is 18.9. The van der Waals surface area contributed by atoms with E-state index in [9.17, 15) is 27.9 Å². The van der Waals surface area contributed by atoms with Gasteiger partial charge in [0.15, 0.2) is 0 Å². The van der Waals surface area contributed by atoms with Gasteiger partial charge in [-0.05, 0) is 76.1 Å². The van der Waals surface area contributed by atoms with E-state index in [2.05, 4.69) is 15.5 Å². The van der Waals surface area contributed by atoms with Crippen LogP contribution < -0.4 is 5.32 Å². The summed E-state index contributed by atoms with van der Waals surface area (Å²) in [5.74, 6) is -0.756. The molecule has 3 N–H and O–H groups in total. The molecule has 0 aliphatic carbocycles. The smallest absolute Gasteiger partial charge is 0.410 e. The third-order valence-electron chi connectivity index (χ3n) is 10.0. The third kappa shape index (κ3) is 11.3. The number of thiazole rings is 1. The number of aromatic nitrogens is 1. The predicted molar refractivity (Wildman–Crippen MR) is 217 cm³/mol. The summed E-state index contributed by atoms with van der Waals surface area (Å²) in [5, 5.41) is 29.9. The normalized spacial score (nSPS) is 18.2. The number of nitrogens with zero attached hydrogens (tertiary/aromatic N) is 6.